The molecule has 9 heteroatoms. The minimum Gasteiger partial charge on any atom is -0.478 e. The van der Waals surface area contributed by atoms with E-state index in [1.165, 1.54) is 30.5 Å². The molecule has 0 radical (unpaired) electrons. The summed E-state index contributed by atoms with van der Waals surface area (Å²) in [5, 5.41) is 16.1. The van der Waals surface area contributed by atoms with Crippen LogP contribution >= 0.6 is 15.9 Å². The summed E-state index contributed by atoms with van der Waals surface area (Å²) in [7, 11) is -3.96. The van der Waals surface area contributed by atoms with Crippen molar-refractivity contribution in [3.8, 4) is 0 Å². The van der Waals surface area contributed by atoms with Crippen molar-refractivity contribution in [2.75, 3.05) is 4.72 Å². The Morgan fingerprint density at radius 3 is 2.65 bits per heavy atom. The number of carboxylic acid groups (broad SMARTS) is 1. The van der Waals surface area contributed by atoms with Gasteiger partial charge in [-0.05, 0) is 46.3 Å². The van der Waals surface area contributed by atoms with Crippen molar-refractivity contribution in [3.05, 3.63) is 46.6 Å². The van der Waals surface area contributed by atoms with E-state index in [0.29, 0.717) is 0 Å². The molecule has 0 bridgehead atoms. The zero-order valence-electron chi connectivity index (χ0n) is 9.82. The number of carboxylic acids is 1. The lowest BCUT2D eigenvalue weighted by atomic mass is 10.2. The van der Waals surface area contributed by atoms with Gasteiger partial charge in [0.1, 0.15) is 4.90 Å². The zero-order chi connectivity index (χ0) is 14.8. The molecule has 0 saturated heterocycles. The summed E-state index contributed by atoms with van der Waals surface area (Å²) in [4.78, 5) is 10.7. The van der Waals surface area contributed by atoms with Crippen molar-refractivity contribution in [2.45, 2.75) is 4.90 Å². The van der Waals surface area contributed by atoms with Crippen molar-refractivity contribution in [1.82, 2.24) is 10.2 Å². The Kier molecular flexibility index (Phi) is 4.00. The number of hydrogen-bond acceptors (Lipinski definition) is 5. The number of benzene rings is 1. The Morgan fingerprint density at radius 2 is 2.05 bits per heavy atom. The minimum atomic E-state index is -3.96. The minimum absolute atomic E-state index is 0.0418. The van der Waals surface area contributed by atoms with E-state index in [9.17, 15) is 13.2 Å². The van der Waals surface area contributed by atoms with Crippen LogP contribution in [0.2, 0.25) is 0 Å². The fourth-order valence-corrected chi connectivity index (χ4v) is 3.38. The van der Waals surface area contributed by atoms with Gasteiger partial charge in [0, 0.05) is 10.7 Å². The highest BCUT2D eigenvalue weighted by Gasteiger charge is 2.20. The molecule has 0 aliphatic carbocycles. The summed E-state index contributed by atoms with van der Waals surface area (Å²) >= 11 is 3.08. The number of rotatable bonds is 4. The molecular weight excluding hydrogens is 350 g/mol. The fraction of sp³-hybridized carbons (Fsp3) is 0. The molecular formula is C11H8BrN3O4S. The first-order valence-electron chi connectivity index (χ1n) is 5.23. The highest BCUT2D eigenvalue weighted by molar-refractivity contribution is 9.10. The maximum Gasteiger partial charge on any atom is 0.335 e. The van der Waals surface area contributed by atoms with Gasteiger partial charge < -0.3 is 5.11 Å². The first kappa shape index (κ1) is 14.4. The van der Waals surface area contributed by atoms with Crippen LogP contribution in [-0.2, 0) is 10.0 Å². The van der Waals surface area contributed by atoms with E-state index in [0.717, 1.165) is 6.07 Å². The molecule has 2 N–H and O–H groups in total. The molecule has 2 rings (SSSR count). The average molecular weight is 358 g/mol. The molecule has 0 spiro atoms. The second kappa shape index (κ2) is 5.55. The number of carbonyl (C=O) groups is 1. The predicted molar refractivity (Wildman–Crippen MR) is 73.9 cm³/mol. The first-order chi connectivity index (χ1) is 9.40. The van der Waals surface area contributed by atoms with E-state index in [1.54, 1.807) is 0 Å². The summed E-state index contributed by atoms with van der Waals surface area (Å²) in [6, 6.07) is 6.67. The molecule has 0 saturated carbocycles. The van der Waals surface area contributed by atoms with E-state index in [4.69, 9.17) is 5.11 Å². The molecule has 0 fully saturated rings. The van der Waals surface area contributed by atoms with E-state index in [1.807, 2.05) is 0 Å². The molecule has 20 heavy (non-hydrogen) atoms. The molecule has 1 aromatic carbocycles. The molecule has 0 unspecified atom stereocenters. The van der Waals surface area contributed by atoms with Gasteiger partial charge in [-0.1, -0.05) is 0 Å². The predicted octanol–water partition coefficient (Wildman–Crippen LogP) is 1.74. The number of nitrogens with one attached hydrogen (secondary N) is 1. The Balaban J connectivity index is 2.44. The quantitative estimate of drug-likeness (QED) is 0.862. The molecule has 104 valence electrons. The molecule has 2 aromatic rings. The molecule has 0 amide bonds. The number of aromatic nitrogens is 2. The lowest BCUT2D eigenvalue weighted by molar-refractivity contribution is 0.0696. The van der Waals surface area contributed by atoms with Crippen LogP contribution in [0.4, 0.5) is 5.82 Å². The van der Waals surface area contributed by atoms with Crippen LogP contribution in [0.15, 0.2) is 45.9 Å². The van der Waals surface area contributed by atoms with Crippen LogP contribution in [0.3, 0.4) is 0 Å². The van der Waals surface area contributed by atoms with Crippen LogP contribution < -0.4 is 4.72 Å². The topological polar surface area (TPSA) is 109 Å². The second-order valence-corrected chi connectivity index (χ2v) is 6.17. The Morgan fingerprint density at radius 1 is 1.30 bits per heavy atom. The highest BCUT2D eigenvalue weighted by Crippen LogP contribution is 2.24. The highest BCUT2D eigenvalue weighted by atomic mass is 79.9. The van der Waals surface area contributed by atoms with Gasteiger partial charge in [0.25, 0.3) is 10.0 Å². The maximum absolute atomic E-state index is 12.2. The van der Waals surface area contributed by atoms with Crippen LogP contribution in [0.25, 0.3) is 0 Å². The summed E-state index contributed by atoms with van der Waals surface area (Å²) in [5.41, 5.74) is -0.132. The van der Waals surface area contributed by atoms with Crippen molar-refractivity contribution in [2.24, 2.45) is 0 Å². The third-order valence-corrected chi connectivity index (χ3v) is 4.63. The molecule has 7 nitrogen and oxygen atoms in total. The number of anilines is 1. The number of aromatic carboxylic acids is 1. The Hall–Kier alpha value is -2.00. The molecule has 1 aromatic heterocycles. The van der Waals surface area contributed by atoms with Gasteiger partial charge >= 0.3 is 5.97 Å². The summed E-state index contributed by atoms with van der Waals surface area (Å²) in [5.74, 6) is -1.17. The molecule has 0 aliphatic rings. The summed E-state index contributed by atoms with van der Waals surface area (Å²) in [6.45, 7) is 0. The van der Waals surface area contributed by atoms with E-state index < -0.39 is 16.0 Å². The van der Waals surface area contributed by atoms with Crippen LogP contribution in [0, 0.1) is 0 Å². The SMILES string of the molecule is O=C(O)c1ccc(Br)c(S(=O)(=O)Nc2cccnn2)c1. The monoisotopic (exact) mass is 357 g/mol. The van der Waals surface area contributed by atoms with Gasteiger partial charge in [0.05, 0.1) is 5.56 Å². The van der Waals surface area contributed by atoms with Crippen molar-refractivity contribution in [1.29, 1.82) is 0 Å². The van der Waals surface area contributed by atoms with Crippen LogP contribution in [0.5, 0.6) is 0 Å². The van der Waals surface area contributed by atoms with Gasteiger partial charge in [0.2, 0.25) is 0 Å². The third-order valence-electron chi connectivity index (χ3n) is 2.28. The number of nitrogens with zero attached hydrogens (tertiary/aromatic N) is 2. The lowest BCUT2D eigenvalue weighted by Crippen LogP contribution is -2.15. The molecule has 0 atom stereocenters. The smallest absolute Gasteiger partial charge is 0.335 e. The van der Waals surface area contributed by atoms with Gasteiger partial charge in [-0.2, -0.15) is 5.10 Å². The fourth-order valence-electron chi connectivity index (χ4n) is 1.39. The normalized spacial score (nSPS) is 11.1. The number of halogens is 1. The maximum atomic E-state index is 12.2. The van der Waals surface area contributed by atoms with Crippen molar-refractivity contribution >= 4 is 37.7 Å². The Labute approximate surface area is 122 Å². The van der Waals surface area contributed by atoms with E-state index in [-0.39, 0.29) is 20.7 Å². The van der Waals surface area contributed by atoms with E-state index in [2.05, 4.69) is 30.8 Å². The first-order valence-corrected chi connectivity index (χ1v) is 7.51. The van der Waals surface area contributed by atoms with Crippen LogP contribution in [-0.4, -0.2) is 29.7 Å². The van der Waals surface area contributed by atoms with Crippen LogP contribution in [0.1, 0.15) is 10.4 Å². The largest absolute Gasteiger partial charge is 0.478 e. The Bertz CT molecular complexity index is 750. The summed E-state index contributed by atoms with van der Waals surface area (Å²) < 4.78 is 26.9. The zero-order valence-corrected chi connectivity index (χ0v) is 12.2. The van der Waals surface area contributed by atoms with E-state index >= 15 is 0 Å². The standard InChI is InChI=1S/C11H8BrN3O4S/c12-8-4-3-7(11(16)17)6-9(8)20(18,19)15-10-2-1-5-13-14-10/h1-6H,(H,14,15)(H,16,17). The lowest BCUT2D eigenvalue weighted by Gasteiger charge is -2.09. The number of sulfonamides is 1. The summed E-state index contributed by atoms with van der Waals surface area (Å²) in [6.07, 6.45) is 1.40. The average Bonchev–Trinajstić information content (AvgIpc) is 2.39. The van der Waals surface area contributed by atoms with Crippen molar-refractivity contribution < 1.29 is 18.3 Å². The molecule has 0 aliphatic heterocycles. The van der Waals surface area contributed by atoms with Gasteiger partial charge in [-0.15, -0.1) is 5.10 Å². The van der Waals surface area contributed by atoms with Gasteiger partial charge in [-0.3, -0.25) is 4.72 Å². The third kappa shape index (κ3) is 3.11. The van der Waals surface area contributed by atoms with Gasteiger partial charge in [-0.25, -0.2) is 13.2 Å². The molecule has 1 heterocycles. The second-order valence-electron chi connectivity index (χ2n) is 3.66. The number of hydrogen-bond donors (Lipinski definition) is 2. The van der Waals surface area contributed by atoms with Crippen molar-refractivity contribution in [3.63, 3.8) is 0 Å². The van der Waals surface area contributed by atoms with Gasteiger partial charge in [0.15, 0.2) is 5.82 Å².